The van der Waals surface area contributed by atoms with Gasteiger partial charge in [-0.1, -0.05) is 15.9 Å². The molecule has 0 amide bonds. The lowest BCUT2D eigenvalue weighted by Gasteiger charge is -2.33. The molecule has 1 aromatic rings. The largest absolute Gasteiger partial charge is 0.478 e. The Morgan fingerprint density at radius 3 is 3.17 bits per heavy atom. The van der Waals surface area contributed by atoms with Gasteiger partial charge in [0.05, 0.1) is 6.61 Å². The van der Waals surface area contributed by atoms with E-state index >= 15 is 0 Å². The third-order valence-corrected chi connectivity index (χ3v) is 3.74. The molecule has 100 valence electrons. The summed E-state index contributed by atoms with van der Waals surface area (Å²) in [5.41, 5.74) is 0. The number of hydrogen-bond donors (Lipinski definition) is 0. The summed E-state index contributed by atoms with van der Waals surface area (Å²) < 4.78 is 5.43. The van der Waals surface area contributed by atoms with E-state index in [0.29, 0.717) is 12.5 Å². The number of alkyl halides is 1. The quantitative estimate of drug-likeness (QED) is 0.783. The number of aromatic nitrogens is 2. The van der Waals surface area contributed by atoms with Crippen molar-refractivity contribution < 1.29 is 4.74 Å². The lowest BCUT2D eigenvalue weighted by Crippen LogP contribution is -2.36. The lowest BCUT2D eigenvalue weighted by molar-refractivity contribution is 0.325. The fourth-order valence-electron chi connectivity index (χ4n) is 2.39. The van der Waals surface area contributed by atoms with Crippen LogP contribution in [0.1, 0.15) is 26.2 Å². The molecular formula is C13H20BrN3O. The van der Waals surface area contributed by atoms with E-state index in [1.54, 1.807) is 6.33 Å². The van der Waals surface area contributed by atoms with Crippen LogP contribution < -0.4 is 9.64 Å². The maximum absolute atomic E-state index is 5.43. The lowest BCUT2D eigenvalue weighted by atomic mass is 9.96. The van der Waals surface area contributed by atoms with E-state index in [1.807, 2.05) is 13.0 Å². The van der Waals surface area contributed by atoms with Gasteiger partial charge in [-0.25, -0.2) is 9.97 Å². The predicted octanol–water partition coefficient (Wildman–Crippen LogP) is 2.88. The second-order valence-corrected chi connectivity index (χ2v) is 5.37. The molecule has 0 spiro atoms. The molecule has 0 bridgehead atoms. The molecular weight excluding hydrogens is 294 g/mol. The van der Waals surface area contributed by atoms with Crippen LogP contribution in [0.15, 0.2) is 12.4 Å². The minimum atomic E-state index is 0.642. The zero-order valence-electron chi connectivity index (χ0n) is 10.8. The number of rotatable bonds is 5. The minimum Gasteiger partial charge on any atom is -0.478 e. The molecule has 1 unspecified atom stereocenters. The van der Waals surface area contributed by atoms with Crippen LogP contribution in [-0.2, 0) is 0 Å². The van der Waals surface area contributed by atoms with Gasteiger partial charge in [0.25, 0.3) is 0 Å². The Labute approximate surface area is 117 Å². The van der Waals surface area contributed by atoms with Gasteiger partial charge in [0, 0.05) is 24.5 Å². The second-order valence-electron chi connectivity index (χ2n) is 4.58. The van der Waals surface area contributed by atoms with Crippen LogP contribution in [0, 0.1) is 5.92 Å². The number of anilines is 1. The Morgan fingerprint density at radius 2 is 2.39 bits per heavy atom. The van der Waals surface area contributed by atoms with E-state index in [1.165, 1.54) is 19.3 Å². The Hall–Kier alpha value is -0.840. The summed E-state index contributed by atoms with van der Waals surface area (Å²) >= 11 is 3.53. The van der Waals surface area contributed by atoms with Gasteiger partial charge in [-0.15, -0.1) is 0 Å². The third-order valence-electron chi connectivity index (χ3n) is 3.28. The summed E-state index contributed by atoms with van der Waals surface area (Å²) in [6.07, 6.45) is 5.39. The van der Waals surface area contributed by atoms with Crippen molar-refractivity contribution in [2.75, 3.05) is 29.9 Å². The summed E-state index contributed by atoms with van der Waals surface area (Å²) in [7, 11) is 0. The summed E-state index contributed by atoms with van der Waals surface area (Å²) in [6, 6.07) is 1.94. The van der Waals surface area contributed by atoms with Crippen LogP contribution >= 0.6 is 15.9 Å². The smallest absolute Gasteiger partial charge is 0.218 e. The van der Waals surface area contributed by atoms with Crippen molar-refractivity contribution in [3.8, 4) is 5.88 Å². The van der Waals surface area contributed by atoms with Crippen molar-refractivity contribution in [1.29, 1.82) is 0 Å². The molecule has 1 saturated heterocycles. The molecule has 1 atom stereocenters. The number of nitrogens with zero attached hydrogens (tertiary/aromatic N) is 3. The first-order valence-corrected chi connectivity index (χ1v) is 7.71. The highest BCUT2D eigenvalue weighted by Crippen LogP contribution is 2.25. The number of hydrogen-bond acceptors (Lipinski definition) is 4. The standard InChI is InChI=1S/C13H20BrN3O/c1-2-18-13-8-12(15-10-16-13)17-7-3-4-11(9-17)5-6-14/h8,10-11H,2-7,9H2,1H3. The van der Waals surface area contributed by atoms with Crippen molar-refractivity contribution in [3.05, 3.63) is 12.4 Å². The van der Waals surface area contributed by atoms with Crippen molar-refractivity contribution in [3.63, 3.8) is 0 Å². The van der Waals surface area contributed by atoms with E-state index in [0.717, 1.165) is 30.2 Å². The minimum absolute atomic E-state index is 0.642. The first kappa shape index (κ1) is 13.6. The van der Waals surface area contributed by atoms with Gasteiger partial charge in [0.15, 0.2) is 0 Å². The number of piperidine rings is 1. The SMILES string of the molecule is CCOc1cc(N2CCCC(CCBr)C2)ncn1. The molecule has 0 N–H and O–H groups in total. The molecule has 4 nitrogen and oxygen atoms in total. The Morgan fingerprint density at radius 1 is 1.50 bits per heavy atom. The predicted molar refractivity (Wildman–Crippen MR) is 76.5 cm³/mol. The molecule has 0 aliphatic carbocycles. The monoisotopic (exact) mass is 313 g/mol. The van der Waals surface area contributed by atoms with Gasteiger partial charge < -0.3 is 9.64 Å². The van der Waals surface area contributed by atoms with Crippen LogP contribution in [0.4, 0.5) is 5.82 Å². The van der Waals surface area contributed by atoms with E-state index in [4.69, 9.17) is 4.74 Å². The summed E-state index contributed by atoms with van der Waals surface area (Å²) in [4.78, 5) is 10.8. The van der Waals surface area contributed by atoms with Gasteiger partial charge in [-0.3, -0.25) is 0 Å². The first-order valence-electron chi connectivity index (χ1n) is 6.59. The molecule has 5 heteroatoms. The van der Waals surface area contributed by atoms with Gasteiger partial charge >= 0.3 is 0 Å². The Balaban J connectivity index is 2.03. The van der Waals surface area contributed by atoms with Gasteiger partial charge in [-0.2, -0.15) is 0 Å². The Bertz CT molecular complexity index is 373. The molecule has 2 rings (SSSR count). The second kappa shape index (κ2) is 6.92. The van der Waals surface area contributed by atoms with Crippen LogP contribution in [0.2, 0.25) is 0 Å². The van der Waals surface area contributed by atoms with E-state index in [2.05, 4.69) is 30.8 Å². The molecule has 2 heterocycles. The van der Waals surface area contributed by atoms with Gasteiger partial charge in [0.2, 0.25) is 5.88 Å². The van der Waals surface area contributed by atoms with Crippen molar-refractivity contribution in [1.82, 2.24) is 9.97 Å². The molecule has 0 saturated carbocycles. The highest BCUT2D eigenvalue weighted by atomic mass is 79.9. The highest BCUT2D eigenvalue weighted by Gasteiger charge is 2.20. The van der Waals surface area contributed by atoms with Crippen LogP contribution in [0.5, 0.6) is 5.88 Å². The molecule has 1 aliphatic rings. The molecule has 18 heavy (non-hydrogen) atoms. The van der Waals surface area contributed by atoms with Crippen molar-refractivity contribution in [2.24, 2.45) is 5.92 Å². The molecule has 1 aromatic heterocycles. The molecule has 0 aromatic carbocycles. The zero-order chi connectivity index (χ0) is 12.8. The molecule has 0 radical (unpaired) electrons. The zero-order valence-corrected chi connectivity index (χ0v) is 12.4. The Kier molecular flexibility index (Phi) is 5.23. The summed E-state index contributed by atoms with van der Waals surface area (Å²) in [6.45, 7) is 4.78. The van der Waals surface area contributed by atoms with Crippen molar-refractivity contribution in [2.45, 2.75) is 26.2 Å². The normalized spacial score (nSPS) is 19.9. The van der Waals surface area contributed by atoms with Gasteiger partial charge in [-0.05, 0) is 32.1 Å². The third kappa shape index (κ3) is 3.57. The van der Waals surface area contributed by atoms with Crippen molar-refractivity contribution >= 4 is 21.7 Å². The fraction of sp³-hybridized carbons (Fsp3) is 0.692. The van der Waals surface area contributed by atoms with Crippen LogP contribution in [-0.4, -0.2) is 35.0 Å². The fourth-order valence-corrected chi connectivity index (χ4v) is 3.04. The molecule has 1 aliphatic heterocycles. The molecule has 1 fully saturated rings. The topological polar surface area (TPSA) is 38.2 Å². The average Bonchev–Trinajstić information content (AvgIpc) is 2.40. The summed E-state index contributed by atoms with van der Waals surface area (Å²) in [5.74, 6) is 2.43. The first-order chi connectivity index (χ1) is 8.83. The van der Waals surface area contributed by atoms with E-state index < -0.39 is 0 Å². The number of halogens is 1. The van der Waals surface area contributed by atoms with E-state index in [-0.39, 0.29) is 0 Å². The number of ether oxygens (including phenoxy) is 1. The highest BCUT2D eigenvalue weighted by molar-refractivity contribution is 9.09. The van der Waals surface area contributed by atoms with Gasteiger partial charge in [0.1, 0.15) is 12.1 Å². The average molecular weight is 314 g/mol. The van der Waals surface area contributed by atoms with Crippen LogP contribution in [0.3, 0.4) is 0 Å². The maximum Gasteiger partial charge on any atom is 0.218 e. The van der Waals surface area contributed by atoms with Crippen LogP contribution in [0.25, 0.3) is 0 Å². The maximum atomic E-state index is 5.43. The van der Waals surface area contributed by atoms with E-state index in [9.17, 15) is 0 Å². The summed E-state index contributed by atoms with van der Waals surface area (Å²) in [5, 5.41) is 1.08.